The van der Waals surface area contributed by atoms with Crippen molar-refractivity contribution in [3.63, 3.8) is 0 Å². The molecule has 0 spiro atoms. The summed E-state index contributed by atoms with van der Waals surface area (Å²) in [5, 5.41) is 10.4. The number of benzene rings is 1. The number of carbonyl (C=O) groups is 1. The molecular weight excluding hydrogens is 288 g/mol. The molecule has 0 radical (unpaired) electrons. The van der Waals surface area contributed by atoms with E-state index in [0.717, 1.165) is 24.5 Å². The van der Waals surface area contributed by atoms with Gasteiger partial charge in [-0.1, -0.05) is 25.1 Å². The van der Waals surface area contributed by atoms with Crippen LogP contribution in [-0.2, 0) is 0 Å². The fraction of sp³-hybridized carbons (Fsp3) is 0.333. The first-order chi connectivity index (χ1) is 9.72. The SMILES string of the molecule is CCNCCNC(=O)c1cn(-c2ccccc2)nc1C.Cl. The molecule has 0 aliphatic heterocycles. The van der Waals surface area contributed by atoms with E-state index in [2.05, 4.69) is 15.7 Å². The van der Waals surface area contributed by atoms with E-state index in [9.17, 15) is 4.79 Å². The highest BCUT2D eigenvalue weighted by Crippen LogP contribution is 2.11. The number of hydrogen-bond donors (Lipinski definition) is 2. The maximum absolute atomic E-state index is 12.1. The number of para-hydroxylation sites is 1. The van der Waals surface area contributed by atoms with Crippen molar-refractivity contribution in [2.24, 2.45) is 0 Å². The Labute approximate surface area is 131 Å². The van der Waals surface area contributed by atoms with Crippen LogP contribution in [0.25, 0.3) is 5.69 Å². The molecule has 1 aromatic carbocycles. The lowest BCUT2D eigenvalue weighted by molar-refractivity contribution is 0.0953. The molecule has 2 rings (SSSR count). The highest BCUT2D eigenvalue weighted by molar-refractivity contribution is 5.95. The number of likely N-dealkylation sites (N-methyl/N-ethyl adjacent to an activating group) is 1. The molecule has 2 N–H and O–H groups in total. The normalized spacial score (nSPS) is 10.0. The molecule has 0 atom stereocenters. The monoisotopic (exact) mass is 308 g/mol. The van der Waals surface area contributed by atoms with Gasteiger partial charge in [-0.25, -0.2) is 4.68 Å². The third-order valence-electron chi connectivity index (χ3n) is 3.00. The third-order valence-corrected chi connectivity index (χ3v) is 3.00. The lowest BCUT2D eigenvalue weighted by atomic mass is 10.2. The molecule has 0 aliphatic carbocycles. The molecule has 114 valence electrons. The summed E-state index contributed by atoms with van der Waals surface area (Å²) in [5.41, 5.74) is 2.29. The number of halogens is 1. The highest BCUT2D eigenvalue weighted by atomic mass is 35.5. The Morgan fingerprint density at radius 2 is 1.95 bits per heavy atom. The van der Waals surface area contributed by atoms with E-state index in [-0.39, 0.29) is 18.3 Å². The van der Waals surface area contributed by atoms with Crippen LogP contribution in [0, 0.1) is 6.92 Å². The topological polar surface area (TPSA) is 58.9 Å². The summed E-state index contributed by atoms with van der Waals surface area (Å²) in [6.45, 7) is 6.17. The first-order valence-corrected chi connectivity index (χ1v) is 6.83. The number of aryl methyl sites for hydroxylation is 1. The summed E-state index contributed by atoms with van der Waals surface area (Å²) >= 11 is 0. The van der Waals surface area contributed by atoms with Gasteiger partial charge in [0.2, 0.25) is 0 Å². The van der Waals surface area contributed by atoms with Crippen LogP contribution >= 0.6 is 12.4 Å². The summed E-state index contributed by atoms with van der Waals surface area (Å²) in [5.74, 6) is -0.0809. The molecule has 0 bridgehead atoms. The molecule has 1 heterocycles. The number of nitrogens with one attached hydrogen (secondary N) is 2. The Morgan fingerprint density at radius 3 is 2.62 bits per heavy atom. The van der Waals surface area contributed by atoms with Crippen LogP contribution in [-0.4, -0.2) is 35.3 Å². The summed E-state index contributed by atoms with van der Waals surface area (Å²) < 4.78 is 1.73. The van der Waals surface area contributed by atoms with Gasteiger partial charge in [-0.3, -0.25) is 4.79 Å². The maximum Gasteiger partial charge on any atom is 0.254 e. The van der Waals surface area contributed by atoms with Gasteiger partial charge in [0.05, 0.1) is 16.9 Å². The van der Waals surface area contributed by atoms with E-state index in [4.69, 9.17) is 0 Å². The fourth-order valence-electron chi connectivity index (χ4n) is 1.93. The molecule has 0 fully saturated rings. The molecule has 0 saturated heterocycles. The number of carbonyl (C=O) groups excluding carboxylic acids is 1. The van der Waals surface area contributed by atoms with E-state index < -0.39 is 0 Å². The predicted octanol–water partition coefficient (Wildman–Crippen LogP) is 1.94. The smallest absolute Gasteiger partial charge is 0.254 e. The average Bonchev–Trinajstić information content (AvgIpc) is 2.86. The fourth-order valence-corrected chi connectivity index (χ4v) is 1.93. The van der Waals surface area contributed by atoms with E-state index in [1.165, 1.54) is 0 Å². The quantitative estimate of drug-likeness (QED) is 0.802. The van der Waals surface area contributed by atoms with Crippen molar-refractivity contribution in [2.75, 3.05) is 19.6 Å². The Hall–Kier alpha value is -1.85. The first kappa shape index (κ1) is 17.2. The zero-order chi connectivity index (χ0) is 14.4. The van der Waals surface area contributed by atoms with Gasteiger partial charge in [0.25, 0.3) is 5.91 Å². The van der Waals surface area contributed by atoms with Crippen molar-refractivity contribution in [3.05, 3.63) is 47.8 Å². The third kappa shape index (κ3) is 4.58. The van der Waals surface area contributed by atoms with Crippen molar-refractivity contribution in [1.29, 1.82) is 0 Å². The summed E-state index contributed by atoms with van der Waals surface area (Å²) in [4.78, 5) is 12.1. The van der Waals surface area contributed by atoms with E-state index in [1.807, 2.05) is 44.2 Å². The molecular formula is C15H21ClN4O. The minimum absolute atomic E-state index is 0. The van der Waals surface area contributed by atoms with E-state index in [1.54, 1.807) is 10.9 Å². The van der Waals surface area contributed by atoms with Gasteiger partial charge < -0.3 is 10.6 Å². The van der Waals surface area contributed by atoms with Gasteiger partial charge in [0, 0.05) is 19.3 Å². The number of aromatic nitrogens is 2. The largest absolute Gasteiger partial charge is 0.351 e. The Kier molecular flexibility index (Phi) is 6.91. The summed E-state index contributed by atoms with van der Waals surface area (Å²) in [6.07, 6.45) is 1.77. The molecule has 0 aliphatic rings. The lowest BCUT2D eigenvalue weighted by Gasteiger charge is -2.04. The van der Waals surface area contributed by atoms with Gasteiger partial charge >= 0.3 is 0 Å². The zero-order valence-electron chi connectivity index (χ0n) is 12.3. The van der Waals surface area contributed by atoms with E-state index in [0.29, 0.717) is 12.1 Å². The Bertz CT molecular complexity index is 568. The second-order valence-electron chi connectivity index (χ2n) is 4.52. The van der Waals surface area contributed by atoms with Crippen molar-refractivity contribution in [3.8, 4) is 5.69 Å². The van der Waals surface area contributed by atoms with Crippen LogP contribution in [0.15, 0.2) is 36.5 Å². The van der Waals surface area contributed by atoms with Crippen LogP contribution < -0.4 is 10.6 Å². The van der Waals surface area contributed by atoms with Crippen molar-refractivity contribution >= 4 is 18.3 Å². The molecule has 21 heavy (non-hydrogen) atoms. The second kappa shape index (κ2) is 8.44. The highest BCUT2D eigenvalue weighted by Gasteiger charge is 2.13. The molecule has 0 saturated carbocycles. The molecule has 1 aromatic heterocycles. The second-order valence-corrected chi connectivity index (χ2v) is 4.52. The Balaban J connectivity index is 0.00000220. The van der Waals surface area contributed by atoms with Gasteiger partial charge in [-0.05, 0) is 25.6 Å². The molecule has 0 unspecified atom stereocenters. The van der Waals surface area contributed by atoms with Gasteiger partial charge in [-0.2, -0.15) is 5.10 Å². The molecule has 6 heteroatoms. The van der Waals surface area contributed by atoms with Crippen molar-refractivity contribution in [2.45, 2.75) is 13.8 Å². The van der Waals surface area contributed by atoms with Crippen molar-refractivity contribution < 1.29 is 4.79 Å². The predicted molar refractivity (Wildman–Crippen MR) is 86.4 cm³/mol. The number of rotatable bonds is 6. The standard InChI is InChI=1S/C15H20N4O.ClH/c1-3-16-9-10-17-15(20)14-11-19(18-12(14)2)13-7-5-4-6-8-13;/h4-8,11,16H,3,9-10H2,1-2H3,(H,17,20);1H. The summed E-state index contributed by atoms with van der Waals surface area (Å²) in [7, 11) is 0. The summed E-state index contributed by atoms with van der Waals surface area (Å²) in [6, 6.07) is 9.76. The van der Waals surface area contributed by atoms with Gasteiger partial charge in [-0.15, -0.1) is 12.4 Å². The number of amides is 1. The Morgan fingerprint density at radius 1 is 1.24 bits per heavy atom. The maximum atomic E-state index is 12.1. The minimum atomic E-state index is -0.0809. The minimum Gasteiger partial charge on any atom is -0.351 e. The van der Waals surface area contributed by atoms with Crippen LogP contribution in [0.2, 0.25) is 0 Å². The van der Waals surface area contributed by atoms with Crippen LogP contribution in [0.5, 0.6) is 0 Å². The van der Waals surface area contributed by atoms with Gasteiger partial charge in [0.1, 0.15) is 0 Å². The first-order valence-electron chi connectivity index (χ1n) is 6.83. The van der Waals surface area contributed by atoms with Crippen LogP contribution in [0.3, 0.4) is 0 Å². The molecule has 5 nitrogen and oxygen atoms in total. The molecule has 2 aromatic rings. The van der Waals surface area contributed by atoms with Crippen LogP contribution in [0.1, 0.15) is 23.0 Å². The zero-order valence-corrected chi connectivity index (χ0v) is 13.1. The van der Waals surface area contributed by atoms with Gasteiger partial charge in [0.15, 0.2) is 0 Å². The molecule has 1 amide bonds. The van der Waals surface area contributed by atoms with E-state index >= 15 is 0 Å². The van der Waals surface area contributed by atoms with Crippen molar-refractivity contribution in [1.82, 2.24) is 20.4 Å². The number of hydrogen-bond acceptors (Lipinski definition) is 3. The number of nitrogens with zero attached hydrogens (tertiary/aromatic N) is 2. The lowest BCUT2D eigenvalue weighted by Crippen LogP contribution is -2.31. The average molecular weight is 309 g/mol. The van der Waals surface area contributed by atoms with Crippen LogP contribution in [0.4, 0.5) is 0 Å².